The van der Waals surface area contributed by atoms with E-state index in [4.69, 9.17) is 4.42 Å². The van der Waals surface area contributed by atoms with E-state index in [1.165, 1.54) is 31.4 Å². The minimum Gasteiger partial charge on any atom is -0.449 e. The molecule has 1 saturated carbocycles. The Balaban J connectivity index is 1.45. The fraction of sp³-hybridized carbons (Fsp3) is 0.286. The lowest BCUT2D eigenvalue weighted by Gasteiger charge is -2.24. The van der Waals surface area contributed by atoms with Crippen molar-refractivity contribution in [3.63, 3.8) is 0 Å². The summed E-state index contributed by atoms with van der Waals surface area (Å²) < 4.78 is 21.8. The van der Waals surface area contributed by atoms with Crippen molar-refractivity contribution >= 4 is 5.91 Å². The molecular formula is C28H28FN3O2. The van der Waals surface area contributed by atoms with Gasteiger partial charge in [-0.3, -0.25) is 4.79 Å². The van der Waals surface area contributed by atoms with E-state index < -0.39 is 0 Å². The van der Waals surface area contributed by atoms with Crippen molar-refractivity contribution in [1.82, 2.24) is 14.9 Å². The first-order valence-electron chi connectivity index (χ1n) is 11.9. The maximum absolute atomic E-state index is 13.5. The Kier molecular flexibility index (Phi) is 6.30. The summed E-state index contributed by atoms with van der Waals surface area (Å²) in [5, 5.41) is 2.95. The van der Waals surface area contributed by atoms with Crippen LogP contribution < -0.4 is 5.32 Å². The molecule has 0 spiro atoms. The van der Waals surface area contributed by atoms with Crippen molar-refractivity contribution in [2.24, 2.45) is 0 Å². The van der Waals surface area contributed by atoms with E-state index in [2.05, 4.69) is 14.9 Å². The molecule has 0 radical (unpaired) electrons. The summed E-state index contributed by atoms with van der Waals surface area (Å²) in [5.41, 5.74) is 4.57. The lowest BCUT2D eigenvalue weighted by molar-refractivity contribution is 0.0924. The summed E-state index contributed by atoms with van der Waals surface area (Å²) in [6, 6.07) is 18.1. The first kappa shape index (κ1) is 22.1. The number of carbonyl (C=O) groups excluding carboxylic acids is 1. The van der Waals surface area contributed by atoms with Crippen molar-refractivity contribution in [2.45, 2.75) is 51.6 Å². The third kappa shape index (κ3) is 4.53. The Hall–Kier alpha value is -3.67. The van der Waals surface area contributed by atoms with E-state index in [-0.39, 0.29) is 17.5 Å². The predicted molar refractivity (Wildman–Crippen MR) is 130 cm³/mol. The number of halogens is 1. The summed E-state index contributed by atoms with van der Waals surface area (Å²) in [6.07, 6.45) is 7.62. The normalized spacial score (nSPS) is 14.3. The first-order valence-corrected chi connectivity index (χ1v) is 11.9. The van der Waals surface area contributed by atoms with E-state index in [0.29, 0.717) is 18.3 Å². The molecule has 0 unspecified atom stereocenters. The third-order valence-electron chi connectivity index (χ3n) is 6.64. The van der Waals surface area contributed by atoms with Gasteiger partial charge in [-0.05, 0) is 67.3 Å². The Labute approximate surface area is 198 Å². The molecule has 2 aromatic heterocycles. The Bertz CT molecular complexity index is 1280. The molecule has 0 aliphatic heterocycles. The largest absolute Gasteiger partial charge is 0.449 e. The van der Waals surface area contributed by atoms with Crippen LogP contribution in [-0.4, -0.2) is 15.5 Å². The molecule has 5 nitrogen and oxygen atoms in total. The van der Waals surface area contributed by atoms with E-state index >= 15 is 0 Å². The van der Waals surface area contributed by atoms with Gasteiger partial charge in [-0.2, -0.15) is 0 Å². The molecule has 2 aromatic carbocycles. The number of aromatic nitrogens is 2. The summed E-state index contributed by atoms with van der Waals surface area (Å²) >= 11 is 0. The second-order valence-electron chi connectivity index (χ2n) is 8.92. The minimum absolute atomic E-state index is 0.255. The molecule has 1 N–H and O–H groups in total. The highest BCUT2D eigenvalue weighted by atomic mass is 19.1. The lowest BCUT2D eigenvalue weighted by atomic mass is 9.95. The molecule has 6 heteroatoms. The van der Waals surface area contributed by atoms with E-state index in [0.717, 1.165) is 40.9 Å². The fourth-order valence-corrected chi connectivity index (χ4v) is 4.72. The topological polar surface area (TPSA) is 60.1 Å². The average Bonchev–Trinajstić information content (AvgIpc) is 3.52. The van der Waals surface area contributed by atoms with Crippen LogP contribution >= 0.6 is 0 Å². The summed E-state index contributed by atoms with van der Waals surface area (Å²) in [4.78, 5) is 17.5. The quantitative estimate of drug-likeness (QED) is 0.351. The van der Waals surface area contributed by atoms with Crippen molar-refractivity contribution in [3.05, 3.63) is 89.7 Å². The van der Waals surface area contributed by atoms with Crippen LogP contribution in [0, 0.1) is 12.7 Å². The molecule has 1 fully saturated rings. The van der Waals surface area contributed by atoms with Gasteiger partial charge in [0.15, 0.2) is 11.5 Å². The van der Waals surface area contributed by atoms with E-state index in [9.17, 15) is 9.18 Å². The van der Waals surface area contributed by atoms with Crippen LogP contribution in [0.1, 0.15) is 59.8 Å². The molecule has 1 amide bonds. The van der Waals surface area contributed by atoms with Crippen LogP contribution in [-0.2, 0) is 6.54 Å². The summed E-state index contributed by atoms with van der Waals surface area (Å²) in [6.45, 7) is 2.46. The minimum atomic E-state index is -0.289. The highest BCUT2D eigenvalue weighted by Crippen LogP contribution is 2.38. The number of rotatable bonds is 6. The van der Waals surface area contributed by atoms with E-state index in [1.54, 1.807) is 18.2 Å². The van der Waals surface area contributed by atoms with Crippen molar-refractivity contribution in [2.75, 3.05) is 0 Å². The van der Waals surface area contributed by atoms with Gasteiger partial charge in [-0.25, -0.2) is 9.37 Å². The maximum atomic E-state index is 13.5. The lowest BCUT2D eigenvalue weighted by Crippen LogP contribution is -2.22. The van der Waals surface area contributed by atoms with Crippen molar-refractivity contribution < 1.29 is 13.6 Å². The second kappa shape index (κ2) is 9.67. The van der Waals surface area contributed by atoms with Gasteiger partial charge in [-0.15, -0.1) is 0 Å². The number of nitrogens with one attached hydrogen (secondary N) is 1. The van der Waals surface area contributed by atoms with Gasteiger partial charge in [0.25, 0.3) is 5.91 Å². The van der Waals surface area contributed by atoms with Gasteiger partial charge >= 0.3 is 0 Å². The molecule has 34 heavy (non-hydrogen) atoms. The van der Waals surface area contributed by atoms with Crippen LogP contribution in [0.3, 0.4) is 0 Å². The smallest absolute Gasteiger partial charge is 0.287 e. The Morgan fingerprint density at radius 2 is 1.82 bits per heavy atom. The highest BCUT2D eigenvalue weighted by Gasteiger charge is 2.25. The van der Waals surface area contributed by atoms with Crippen molar-refractivity contribution in [1.29, 1.82) is 0 Å². The van der Waals surface area contributed by atoms with Crippen LogP contribution in [0.4, 0.5) is 4.39 Å². The highest BCUT2D eigenvalue weighted by molar-refractivity contribution is 5.92. The molecule has 0 atom stereocenters. The van der Waals surface area contributed by atoms with Gasteiger partial charge in [0, 0.05) is 18.2 Å². The van der Waals surface area contributed by atoms with Crippen LogP contribution in [0.15, 0.2) is 71.4 Å². The zero-order valence-corrected chi connectivity index (χ0v) is 19.3. The Morgan fingerprint density at radius 3 is 2.59 bits per heavy atom. The summed E-state index contributed by atoms with van der Waals surface area (Å²) in [5.74, 6) is 0.290. The zero-order valence-electron chi connectivity index (χ0n) is 19.3. The number of hydrogen-bond donors (Lipinski definition) is 1. The number of furan rings is 1. The van der Waals surface area contributed by atoms with Gasteiger partial charge in [-0.1, -0.05) is 43.5 Å². The maximum Gasteiger partial charge on any atom is 0.287 e. The van der Waals surface area contributed by atoms with Crippen molar-refractivity contribution in [3.8, 4) is 22.7 Å². The number of aryl methyl sites for hydroxylation is 1. The first-order chi connectivity index (χ1) is 16.6. The summed E-state index contributed by atoms with van der Waals surface area (Å²) in [7, 11) is 0. The van der Waals surface area contributed by atoms with Gasteiger partial charge in [0.2, 0.25) is 0 Å². The fourth-order valence-electron chi connectivity index (χ4n) is 4.72. The molecule has 174 valence electrons. The zero-order chi connectivity index (χ0) is 23.5. The standard InChI is InChI=1S/C28H28FN3O2/c1-19-7-5-6-8-21(19)17-30-28(33)25-16-15-24(34-25)27-26(20-11-13-22(29)14-12-20)31-18-32(27)23-9-3-2-4-10-23/h5-8,11-16,18,23H,2-4,9-10,17H2,1H3,(H,30,33). The number of carbonyl (C=O) groups is 1. The van der Waals surface area contributed by atoms with Crippen LogP contribution in [0.25, 0.3) is 22.7 Å². The third-order valence-corrected chi connectivity index (χ3v) is 6.64. The molecule has 5 rings (SSSR count). The molecule has 1 aliphatic carbocycles. The average molecular weight is 458 g/mol. The second-order valence-corrected chi connectivity index (χ2v) is 8.92. The van der Waals surface area contributed by atoms with E-state index in [1.807, 2.05) is 43.6 Å². The molecule has 0 saturated heterocycles. The number of amides is 1. The number of nitrogens with zero attached hydrogens (tertiary/aromatic N) is 2. The number of benzene rings is 2. The van der Waals surface area contributed by atoms with Gasteiger partial charge in [0.05, 0.1) is 12.0 Å². The molecule has 1 aliphatic rings. The molecular weight excluding hydrogens is 429 g/mol. The molecule has 4 aromatic rings. The van der Waals surface area contributed by atoms with Crippen LogP contribution in [0.2, 0.25) is 0 Å². The van der Waals surface area contributed by atoms with Crippen LogP contribution in [0.5, 0.6) is 0 Å². The van der Waals surface area contributed by atoms with Gasteiger partial charge < -0.3 is 14.3 Å². The van der Waals surface area contributed by atoms with Gasteiger partial charge in [0.1, 0.15) is 11.5 Å². The number of hydrogen-bond acceptors (Lipinski definition) is 3. The Morgan fingerprint density at radius 1 is 1.06 bits per heavy atom. The monoisotopic (exact) mass is 457 g/mol. The SMILES string of the molecule is Cc1ccccc1CNC(=O)c1ccc(-c2c(-c3ccc(F)cc3)ncn2C2CCCCC2)o1. The molecule has 0 bridgehead atoms. The molecule has 2 heterocycles. The number of imidazole rings is 1. The predicted octanol–water partition coefficient (Wildman–Crippen LogP) is 6.69.